The van der Waals surface area contributed by atoms with E-state index >= 15 is 0 Å². The molecule has 2 aliphatic carbocycles. The van der Waals surface area contributed by atoms with E-state index < -0.39 is 0 Å². The van der Waals surface area contributed by atoms with E-state index in [1.165, 1.54) is 55.3 Å². The third-order valence-corrected chi connectivity index (χ3v) is 8.18. The third kappa shape index (κ3) is 1.84. The molecule has 0 bridgehead atoms. The number of nitrogen functional groups attached to an aromatic ring is 1. The lowest BCUT2D eigenvalue weighted by Gasteiger charge is -2.24. The zero-order valence-electron chi connectivity index (χ0n) is 18.1. The van der Waals surface area contributed by atoms with E-state index in [1.807, 2.05) is 4.68 Å². The van der Waals surface area contributed by atoms with Gasteiger partial charge in [-0.05, 0) is 68.8 Å². The predicted molar refractivity (Wildman–Crippen MR) is 131 cm³/mol. The number of fused-ring (bicyclic) bond motifs is 12. The lowest BCUT2D eigenvalue weighted by atomic mass is 9.78. The van der Waals surface area contributed by atoms with Crippen LogP contribution in [-0.2, 0) is 5.41 Å². The number of hydrogen-bond donors (Lipinski definition) is 2. The molecule has 1 aliphatic heterocycles. The van der Waals surface area contributed by atoms with Crippen molar-refractivity contribution in [2.75, 3.05) is 5.84 Å². The Morgan fingerprint density at radius 2 is 1.41 bits per heavy atom. The van der Waals surface area contributed by atoms with Gasteiger partial charge in [0.05, 0.1) is 23.1 Å². The number of hydrogen-bond acceptors (Lipinski definition) is 2. The number of rotatable bonds is 0. The summed E-state index contributed by atoms with van der Waals surface area (Å²) in [6.45, 7) is 4.71. The van der Waals surface area contributed by atoms with Gasteiger partial charge in [0, 0.05) is 16.2 Å². The molecule has 8 rings (SSSR count). The molecular formula is C29H23N3. The Kier molecular flexibility index (Phi) is 2.80. The van der Waals surface area contributed by atoms with Crippen LogP contribution in [0.3, 0.4) is 0 Å². The van der Waals surface area contributed by atoms with Gasteiger partial charge in [-0.3, -0.25) is 9.99 Å². The largest absolute Gasteiger partial charge is 0.339 e. The van der Waals surface area contributed by atoms with Crippen LogP contribution in [0.25, 0.3) is 44.1 Å². The van der Waals surface area contributed by atoms with Crippen LogP contribution >= 0.6 is 0 Å². The molecule has 2 unspecified atom stereocenters. The Morgan fingerprint density at radius 3 is 2.31 bits per heavy atom. The first kappa shape index (κ1) is 17.0. The highest BCUT2D eigenvalue weighted by Gasteiger charge is 2.47. The molecule has 0 spiro atoms. The first-order valence-electron chi connectivity index (χ1n) is 11.4. The molecule has 0 saturated carbocycles. The second-order valence-corrected chi connectivity index (χ2v) is 10.1. The molecule has 2 atom stereocenters. The molecule has 4 aromatic carbocycles. The maximum Gasteiger partial charge on any atom is 0.0707 e. The van der Waals surface area contributed by atoms with Gasteiger partial charge in [-0.25, -0.2) is 0 Å². The number of aromatic nitrogens is 1. The lowest BCUT2D eigenvalue weighted by molar-refractivity contribution is 0.659. The van der Waals surface area contributed by atoms with Crippen molar-refractivity contribution in [3.8, 4) is 22.3 Å². The summed E-state index contributed by atoms with van der Waals surface area (Å²) < 4.78 is 1.85. The molecule has 3 nitrogen and oxygen atoms in total. The van der Waals surface area contributed by atoms with Gasteiger partial charge in [-0.1, -0.05) is 62.4 Å². The Labute approximate surface area is 186 Å². The van der Waals surface area contributed by atoms with Gasteiger partial charge < -0.3 is 5.84 Å². The van der Waals surface area contributed by atoms with Gasteiger partial charge in [0.15, 0.2) is 0 Å². The summed E-state index contributed by atoms with van der Waals surface area (Å²) in [4.78, 5) is 0. The van der Waals surface area contributed by atoms with E-state index in [-0.39, 0.29) is 5.41 Å². The summed E-state index contributed by atoms with van der Waals surface area (Å²) in [7, 11) is 0. The molecular weight excluding hydrogens is 390 g/mol. The maximum absolute atomic E-state index is 6.55. The van der Waals surface area contributed by atoms with Crippen LogP contribution in [0, 0.1) is 0 Å². The zero-order valence-corrected chi connectivity index (χ0v) is 18.1. The van der Waals surface area contributed by atoms with Crippen LogP contribution in [0.5, 0.6) is 0 Å². The van der Waals surface area contributed by atoms with Gasteiger partial charge in [-0.2, -0.15) is 0 Å². The molecule has 3 N–H and O–H groups in total. The Bertz CT molecular complexity index is 1650. The van der Waals surface area contributed by atoms with E-state index in [9.17, 15) is 0 Å². The summed E-state index contributed by atoms with van der Waals surface area (Å²) >= 11 is 0. The van der Waals surface area contributed by atoms with Gasteiger partial charge in [-0.15, -0.1) is 0 Å². The average Bonchev–Trinajstić information content (AvgIpc) is 3.54. The number of nitrogens with zero attached hydrogens (tertiary/aromatic N) is 1. The molecule has 0 amide bonds. The molecule has 1 aromatic heterocycles. The minimum atomic E-state index is -0.0638. The Morgan fingerprint density at radius 1 is 0.688 bits per heavy atom. The van der Waals surface area contributed by atoms with Crippen molar-refractivity contribution in [2.45, 2.75) is 31.3 Å². The topological polar surface area (TPSA) is 52.9 Å². The number of nitrogens with one attached hydrogen (secondary N) is 1. The van der Waals surface area contributed by atoms with E-state index in [1.54, 1.807) is 0 Å². The number of para-hydroxylation sites is 1. The maximum atomic E-state index is 6.55. The predicted octanol–water partition coefficient (Wildman–Crippen LogP) is 6.18. The van der Waals surface area contributed by atoms with Crippen LogP contribution < -0.4 is 11.2 Å². The zero-order chi connectivity index (χ0) is 21.4. The van der Waals surface area contributed by atoms with Crippen LogP contribution in [0.4, 0.5) is 0 Å². The van der Waals surface area contributed by atoms with E-state index in [0.717, 1.165) is 11.0 Å². The molecule has 2 heterocycles. The lowest BCUT2D eigenvalue weighted by Crippen LogP contribution is -2.16. The summed E-state index contributed by atoms with van der Waals surface area (Å²) in [6.07, 6.45) is 0. The van der Waals surface area contributed by atoms with Gasteiger partial charge in [0.2, 0.25) is 0 Å². The minimum absolute atomic E-state index is 0.0638. The van der Waals surface area contributed by atoms with E-state index in [2.05, 4.69) is 92.0 Å². The highest BCUT2D eigenvalue weighted by Crippen LogP contribution is 2.58. The summed E-state index contributed by atoms with van der Waals surface area (Å²) in [5, 5.41) is 6.16. The average molecular weight is 414 g/mol. The van der Waals surface area contributed by atoms with Crippen LogP contribution in [0.1, 0.15) is 48.2 Å². The van der Waals surface area contributed by atoms with E-state index in [4.69, 9.17) is 5.84 Å². The molecule has 5 aromatic rings. The minimum Gasteiger partial charge on any atom is -0.339 e. The Hall–Kier alpha value is -3.56. The molecule has 154 valence electrons. The number of benzene rings is 4. The SMILES string of the molecule is CC1(C)c2cc3c(cc2-c2cc4c5ccccc5n(N)c4cc21)-c1ccccc1C1NC31. The molecule has 1 saturated heterocycles. The van der Waals surface area contributed by atoms with Gasteiger partial charge in [0.1, 0.15) is 0 Å². The number of nitrogens with two attached hydrogens (primary N) is 1. The van der Waals surface area contributed by atoms with Crippen LogP contribution in [0.2, 0.25) is 0 Å². The van der Waals surface area contributed by atoms with Crippen molar-refractivity contribution in [3.05, 3.63) is 95.1 Å². The fraction of sp³-hybridized carbons (Fsp3) is 0.172. The molecule has 3 aliphatic rings. The summed E-state index contributed by atoms with van der Waals surface area (Å²) in [5.74, 6) is 6.55. The Balaban J connectivity index is 1.47. The quantitative estimate of drug-likeness (QED) is 0.235. The molecule has 0 radical (unpaired) electrons. The third-order valence-electron chi connectivity index (χ3n) is 8.18. The second-order valence-electron chi connectivity index (χ2n) is 10.1. The second kappa shape index (κ2) is 5.25. The first-order chi connectivity index (χ1) is 15.5. The molecule has 3 heteroatoms. The summed E-state index contributed by atoms with van der Waals surface area (Å²) in [6, 6.07) is 27.9. The van der Waals surface area contributed by atoms with Gasteiger partial charge in [0.25, 0.3) is 0 Å². The fourth-order valence-electron chi connectivity index (χ4n) is 6.47. The monoisotopic (exact) mass is 413 g/mol. The molecule has 1 fully saturated rings. The van der Waals surface area contributed by atoms with Crippen molar-refractivity contribution in [2.24, 2.45) is 0 Å². The van der Waals surface area contributed by atoms with Crippen LogP contribution in [0.15, 0.2) is 72.8 Å². The standard InChI is InChI=1S/C29H23N3/c1-29(2)23-13-22-18(15-7-3-4-9-17(15)27-28(22)31-27)11-19(23)20-12-21-16-8-5-6-10-25(16)32(30)26(21)14-24(20)29/h3-14,27-28,31H,30H2,1-2H3. The normalized spacial score (nSPS) is 21.1. The van der Waals surface area contributed by atoms with Crippen molar-refractivity contribution >= 4 is 21.8 Å². The van der Waals surface area contributed by atoms with Crippen molar-refractivity contribution in [1.82, 2.24) is 9.99 Å². The van der Waals surface area contributed by atoms with Crippen molar-refractivity contribution < 1.29 is 0 Å². The van der Waals surface area contributed by atoms with Crippen molar-refractivity contribution in [3.63, 3.8) is 0 Å². The molecule has 32 heavy (non-hydrogen) atoms. The smallest absolute Gasteiger partial charge is 0.0707 e. The van der Waals surface area contributed by atoms with Gasteiger partial charge >= 0.3 is 0 Å². The fourth-order valence-corrected chi connectivity index (χ4v) is 6.47. The highest BCUT2D eigenvalue weighted by molar-refractivity contribution is 6.10. The van der Waals surface area contributed by atoms with Crippen molar-refractivity contribution in [1.29, 1.82) is 0 Å². The first-order valence-corrected chi connectivity index (χ1v) is 11.4. The highest BCUT2D eigenvalue weighted by atomic mass is 15.3. The van der Waals surface area contributed by atoms with E-state index in [0.29, 0.717) is 12.1 Å². The van der Waals surface area contributed by atoms with Crippen LogP contribution in [-0.4, -0.2) is 4.68 Å². The summed E-state index contributed by atoms with van der Waals surface area (Å²) in [5.41, 5.74) is 13.3.